The summed E-state index contributed by atoms with van der Waals surface area (Å²) in [7, 11) is 1.56. The molecule has 1 amide bonds. The zero-order chi connectivity index (χ0) is 20.6. The molecule has 0 spiro atoms. The zero-order valence-electron chi connectivity index (χ0n) is 16.0. The van der Waals surface area contributed by atoms with Crippen LogP contribution in [0, 0.1) is 5.41 Å². The molecule has 0 unspecified atom stereocenters. The van der Waals surface area contributed by atoms with Gasteiger partial charge in [0.05, 0.1) is 5.02 Å². The maximum absolute atomic E-state index is 12.6. The first-order valence-electron chi connectivity index (χ1n) is 8.20. The van der Waals surface area contributed by atoms with E-state index in [1.165, 1.54) is 12.1 Å². The number of rotatable bonds is 7. The number of aliphatic imine (C=N–C) groups is 1. The van der Waals surface area contributed by atoms with Gasteiger partial charge in [0.25, 0.3) is 0 Å². The minimum absolute atomic E-state index is 0. The number of carbonyl (C=O) groups is 1. The molecule has 0 aromatic heterocycles. The van der Waals surface area contributed by atoms with Gasteiger partial charge in [-0.3, -0.25) is 9.79 Å². The summed E-state index contributed by atoms with van der Waals surface area (Å²) in [6.07, 6.45) is 0. The van der Waals surface area contributed by atoms with Gasteiger partial charge >= 0.3 is 6.61 Å². The predicted octanol–water partition coefficient (Wildman–Crippen LogP) is 4.04. The van der Waals surface area contributed by atoms with Crippen molar-refractivity contribution in [1.29, 1.82) is 0 Å². The monoisotopic (exact) mass is 552 g/mol. The maximum atomic E-state index is 12.6. The van der Waals surface area contributed by atoms with Gasteiger partial charge in [0.15, 0.2) is 5.96 Å². The number of amides is 1. The number of hydrogen-bond donors (Lipinski definition) is 3. The summed E-state index contributed by atoms with van der Waals surface area (Å²) < 4.78 is 29.7. The number of guanidine groups is 1. The highest BCUT2D eigenvalue weighted by Crippen LogP contribution is 2.33. The Labute approximate surface area is 190 Å². The molecule has 0 atom stereocenters. The van der Waals surface area contributed by atoms with Gasteiger partial charge < -0.3 is 20.7 Å². The quantitative estimate of drug-likeness (QED) is 0.206. The van der Waals surface area contributed by atoms with E-state index in [4.69, 9.17) is 23.2 Å². The molecule has 0 saturated heterocycles. The molecule has 0 bridgehead atoms. The van der Waals surface area contributed by atoms with Crippen molar-refractivity contribution < 1.29 is 18.3 Å². The van der Waals surface area contributed by atoms with Crippen LogP contribution in [0.15, 0.2) is 17.1 Å². The third kappa shape index (κ3) is 9.42. The average molecular weight is 553 g/mol. The molecule has 0 fully saturated rings. The minimum atomic E-state index is -3.01. The van der Waals surface area contributed by atoms with Crippen LogP contribution < -0.4 is 20.7 Å². The molecule has 0 aliphatic carbocycles. The van der Waals surface area contributed by atoms with Crippen molar-refractivity contribution in [1.82, 2.24) is 16.0 Å². The van der Waals surface area contributed by atoms with Crippen LogP contribution in [0.5, 0.6) is 5.75 Å². The van der Waals surface area contributed by atoms with Gasteiger partial charge in [0.1, 0.15) is 5.75 Å². The third-order valence-corrected chi connectivity index (χ3v) is 3.85. The largest absolute Gasteiger partial charge is 0.433 e. The van der Waals surface area contributed by atoms with Crippen LogP contribution in [0.4, 0.5) is 8.78 Å². The topological polar surface area (TPSA) is 74.8 Å². The van der Waals surface area contributed by atoms with E-state index in [9.17, 15) is 13.6 Å². The van der Waals surface area contributed by atoms with E-state index in [0.717, 1.165) is 0 Å². The van der Waals surface area contributed by atoms with E-state index in [1.54, 1.807) is 7.05 Å². The van der Waals surface area contributed by atoms with Gasteiger partial charge in [-0.1, -0.05) is 44.0 Å². The molecule has 6 nitrogen and oxygen atoms in total. The number of halogens is 5. The van der Waals surface area contributed by atoms with Gasteiger partial charge in [-0.25, -0.2) is 0 Å². The second-order valence-electron chi connectivity index (χ2n) is 6.61. The zero-order valence-corrected chi connectivity index (χ0v) is 19.9. The Hall–Kier alpha value is -1.07. The van der Waals surface area contributed by atoms with Crippen LogP contribution in [0.2, 0.25) is 10.0 Å². The van der Waals surface area contributed by atoms with Gasteiger partial charge in [0.2, 0.25) is 5.91 Å². The summed E-state index contributed by atoms with van der Waals surface area (Å²) in [6, 6.07) is 2.81. The van der Waals surface area contributed by atoms with E-state index in [-0.39, 0.29) is 47.2 Å². The van der Waals surface area contributed by atoms with E-state index >= 15 is 0 Å². The lowest BCUT2D eigenvalue weighted by molar-refractivity contribution is -0.128. The van der Waals surface area contributed by atoms with Crippen molar-refractivity contribution >= 4 is 59.0 Å². The summed E-state index contributed by atoms with van der Waals surface area (Å²) >= 11 is 11.9. The third-order valence-electron chi connectivity index (χ3n) is 3.35. The standard InChI is InChI=1S/C17H24Cl2F2N4O2.HI/c1-17(2,3)14(26)23-5-6-24-16(22-4)25-9-10-7-11(18)8-12(19)13(10)27-15(20)21;/h7-8,15H,5-6,9H2,1-4H3,(H,23,26)(H2,22,24,25);1H. The fourth-order valence-electron chi connectivity index (χ4n) is 1.99. The number of alkyl halides is 2. The van der Waals surface area contributed by atoms with E-state index < -0.39 is 12.0 Å². The van der Waals surface area contributed by atoms with Crippen molar-refractivity contribution in [3.8, 4) is 5.75 Å². The first-order chi connectivity index (χ1) is 12.5. The summed E-state index contributed by atoms with van der Waals surface area (Å²) in [5.74, 6) is 0.213. The van der Waals surface area contributed by atoms with Crippen LogP contribution >= 0.6 is 47.2 Å². The summed E-state index contributed by atoms with van der Waals surface area (Å²) in [5.41, 5.74) is -0.107. The molecule has 0 saturated carbocycles. The van der Waals surface area contributed by atoms with Gasteiger partial charge in [-0.05, 0) is 12.1 Å². The van der Waals surface area contributed by atoms with Crippen molar-refractivity contribution in [3.05, 3.63) is 27.7 Å². The lowest BCUT2D eigenvalue weighted by Crippen LogP contribution is -2.43. The lowest BCUT2D eigenvalue weighted by atomic mass is 9.96. The highest BCUT2D eigenvalue weighted by atomic mass is 127. The molecule has 11 heteroatoms. The first-order valence-corrected chi connectivity index (χ1v) is 8.95. The lowest BCUT2D eigenvalue weighted by Gasteiger charge is -2.18. The Morgan fingerprint density at radius 3 is 2.32 bits per heavy atom. The van der Waals surface area contributed by atoms with Crippen LogP contribution in [-0.2, 0) is 11.3 Å². The van der Waals surface area contributed by atoms with Crippen molar-refractivity contribution in [2.24, 2.45) is 10.4 Å². The Balaban J connectivity index is 0.00000729. The van der Waals surface area contributed by atoms with E-state index in [2.05, 4.69) is 25.7 Å². The molecule has 0 aliphatic heterocycles. The van der Waals surface area contributed by atoms with Crippen LogP contribution in [0.3, 0.4) is 0 Å². The Morgan fingerprint density at radius 2 is 1.79 bits per heavy atom. The average Bonchev–Trinajstić information content (AvgIpc) is 2.55. The Bertz CT molecular complexity index is 686. The van der Waals surface area contributed by atoms with E-state index in [0.29, 0.717) is 29.6 Å². The number of benzene rings is 1. The minimum Gasteiger partial charge on any atom is -0.433 e. The number of carbonyl (C=O) groups excluding carboxylic acids is 1. The van der Waals surface area contributed by atoms with Gasteiger partial charge in [-0.15, -0.1) is 24.0 Å². The van der Waals surface area contributed by atoms with Crippen LogP contribution in [0.25, 0.3) is 0 Å². The molecular formula is C17H25Cl2F2IN4O2. The highest BCUT2D eigenvalue weighted by molar-refractivity contribution is 14.0. The maximum Gasteiger partial charge on any atom is 0.387 e. The molecule has 0 heterocycles. The predicted molar refractivity (Wildman–Crippen MR) is 119 cm³/mol. The SMILES string of the molecule is CN=C(NCCNC(=O)C(C)(C)C)NCc1cc(Cl)cc(Cl)c1OC(F)F.I. The summed E-state index contributed by atoms with van der Waals surface area (Å²) in [6.45, 7) is 3.40. The molecule has 3 N–H and O–H groups in total. The normalized spacial score (nSPS) is 11.7. The molecule has 160 valence electrons. The number of nitrogens with one attached hydrogen (secondary N) is 3. The summed E-state index contributed by atoms with van der Waals surface area (Å²) in [5, 5.41) is 9.05. The second-order valence-corrected chi connectivity index (χ2v) is 7.46. The van der Waals surface area contributed by atoms with Crippen LogP contribution in [0.1, 0.15) is 26.3 Å². The molecular weight excluding hydrogens is 528 g/mol. The summed E-state index contributed by atoms with van der Waals surface area (Å²) in [4.78, 5) is 15.8. The molecule has 1 aromatic rings. The van der Waals surface area contributed by atoms with Crippen LogP contribution in [-0.4, -0.2) is 38.6 Å². The smallest absolute Gasteiger partial charge is 0.387 e. The fourth-order valence-corrected chi connectivity index (χ4v) is 2.57. The Morgan fingerprint density at radius 1 is 1.18 bits per heavy atom. The Kier molecular flexibility index (Phi) is 12.0. The molecule has 0 aliphatic rings. The molecule has 1 rings (SSSR count). The van der Waals surface area contributed by atoms with E-state index in [1.807, 2.05) is 20.8 Å². The van der Waals surface area contributed by atoms with Crippen molar-refractivity contribution in [3.63, 3.8) is 0 Å². The number of ether oxygens (including phenoxy) is 1. The second kappa shape index (κ2) is 12.5. The molecule has 28 heavy (non-hydrogen) atoms. The van der Waals surface area contributed by atoms with Gasteiger partial charge in [0, 0.05) is 42.7 Å². The fraction of sp³-hybridized carbons (Fsp3) is 0.529. The molecule has 0 radical (unpaired) electrons. The number of hydrogen-bond acceptors (Lipinski definition) is 3. The number of nitrogens with zero attached hydrogens (tertiary/aromatic N) is 1. The van der Waals surface area contributed by atoms with Gasteiger partial charge in [-0.2, -0.15) is 8.78 Å². The first kappa shape index (κ1) is 26.9. The van der Waals surface area contributed by atoms with Crippen molar-refractivity contribution in [2.75, 3.05) is 20.1 Å². The highest BCUT2D eigenvalue weighted by Gasteiger charge is 2.20. The van der Waals surface area contributed by atoms with Crippen molar-refractivity contribution in [2.45, 2.75) is 33.9 Å². The molecule has 1 aromatic carbocycles.